The lowest BCUT2D eigenvalue weighted by Crippen LogP contribution is -2.48. The number of carbonyl (C=O) groups excluding carboxylic acids is 1. The van der Waals surface area contributed by atoms with E-state index in [4.69, 9.17) is 0 Å². The van der Waals surface area contributed by atoms with E-state index in [1.54, 1.807) is 17.5 Å². The van der Waals surface area contributed by atoms with E-state index in [9.17, 15) is 4.79 Å². The van der Waals surface area contributed by atoms with Crippen LogP contribution in [0, 0.1) is 0 Å². The molecule has 1 aliphatic carbocycles. The van der Waals surface area contributed by atoms with Gasteiger partial charge >= 0.3 is 0 Å². The number of aryl methyl sites for hydroxylation is 2. The Bertz CT molecular complexity index is 702. The van der Waals surface area contributed by atoms with E-state index < -0.39 is 0 Å². The van der Waals surface area contributed by atoms with Crippen molar-refractivity contribution in [3.05, 3.63) is 51.5 Å². The highest BCUT2D eigenvalue weighted by molar-refractivity contribution is 7.14. The van der Waals surface area contributed by atoms with Crippen LogP contribution < -0.4 is 5.32 Å². The number of nitrogens with zero attached hydrogens (tertiary/aromatic N) is 2. The smallest absolute Gasteiger partial charge is 0.264 e. The van der Waals surface area contributed by atoms with Crippen molar-refractivity contribution in [2.24, 2.45) is 0 Å². The molecule has 0 spiro atoms. The summed E-state index contributed by atoms with van der Waals surface area (Å²) in [5, 5.41) is 3.42. The van der Waals surface area contributed by atoms with Gasteiger partial charge in [-0.1, -0.05) is 18.9 Å². The van der Waals surface area contributed by atoms with Gasteiger partial charge in [-0.05, 0) is 48.9 Å². The van der Waals surface area contributed by atoms with Gasteiger partial charge in [0.05, 0.1) is 10.9 Å². The molecule has 1 saturated heterocycles. The minimum absolute atomic E-state index is 0.0691. The van der Waals surface area contributed by atoms with Gasteiger partial charge in [-0.25, -0.2) is 0 Å². The fourth-order valence-electron chi connectivity index (χ4n) is 3.91. The van der Waals surface area contributed by atoms with Crippen molar-refractivity contribution < 1.29 is 4.79 Å². The van der Waals surface area contributed by atoms with E-state index in [2.05, 4.69) is 22.4 Å². The Morgan fingerprint density at radius 2 is 2.12 bits per heavy atom. The molecule has 2 aromatic heterocycles. The van der Waals surface area contributed by atoms with Crippen LogP contribution in [-0.4, -0.2) is 35.4 Å². The van der Waals surface area contributed by atoms with Crippen molar-refractivity contribution in [2.75, 3.05) is 19.6 Å². The van der Waals surface area contributed by atoms with Crippen molar-refractivity contribution in [3.8, 4) is 0 Å². The van der Waals surface area contributed by atoms with E-state index >= 15 is 0 Å². The number of thiophene rings is 1. The fourth-order valence-corrected chi connectivity index (χ4v) is 5.12. The first-order valence-corrected chi connectivity index (χ1v) is 10.2. The summed E-state index contributed by atoms with van der Waals surface area (Å²) in [5.74, 6) is 0.187. The molecule has 1 aliphatic heterocycles. The molecule has 1 unspecified atom stereocenters. The largest absolute Gasteiger partial charge is 0.328 e. The van der Waals surface area contributed by atoms with Crippen molar-refractivity contribution in [2.45, 2.75) is 44.6 Å². The lowest BCUT2D eigenvalue weighted by atomic mass is 9.99. The first-order valence-electron chi connectivity index (χ1n) is 9.36. The Balaban J connectivity index is 1.59. The molecule has 4 rings (SSSR count). The summed E-state index contributed by atoms with van der Waals surface area (Å²) in [6.07, 6.45) is 11.1. The van der Waals surface area contributed by atoms with Crippen molar-refractivity contribution in [1.82, 2.24) is 15.2 Å². The van der Waals surface area contributed by atoms with Gasteiger partial charge in [0.2, 0.25) is 0 Å². The van der Waals surface area contributed by atoms with Crippen LogP contribution in [0.15, 0.2) is 30.6 Å². The molecular weight excluding hydrogens is 330 g/mol. The standard InChI is InChI=1S/C20H25N3OS/c24-20(19-12-15-6-3-1-2-4-8-18(15)25-19)23-11-10-22-14-17(23)16-7-5-9-21-13-16/h5,7,9,12-13,17,22H,1-4,6,8,10-11,14H2. The van der Waals surface area contributed by atoms with Gasteiger partial charge in [-0.15, -0.1) is 11.3 Å². The summed E-state index contributed by atoms with van der Waals surface area (Å²) in [6.45, 7) is 2.40. The lowest BCUT2D eigenvalue weighted by molar-refractivity contribution is 0.0639. The van der Waals surface area contributed by atoms with Crippen LogP contribution in [0.1, 0.15) is 57.4 Å². The minimum Gasteiger partial charge on any atom is -0.328 e. The van der Waals surface area contributed by atoms with Crippen LogP contribution in [0.3, 0.4) is 0 Å². The summed E-state index contributed by atoms with van der Waals surface area (Å²) in [7, 11) is 0. The number of hydrogen-bond acceptors (Lipinski definition) is 4. The molecule has 1 amide bonds. The molecule has 25 heavy (non-hydrogen) atoms. The highest BCUT2D eigenvalue weighted by atomic mass is 32.1. The second-order valence-electron chi connectivity index (χ2n) is 6.98. The molecule has 2 aliphatic rings. The van der Waals surface area contributed by atoms with Gasteiger partial charge in [-0.3, -0.25) is 9.78 Å². The molecule has 0 saturated carbocycles. The highest BCUT2D eigenvalue weighted by Gasteiger charge is 2.30. The van der Waals surface area contributed by atoms with Crippen LogP contribution in [0.25, 0.3) is 0 Å². The summed E-state index contributed by atoms with van der Waals surface area (Å²) >= 11 is 1.73. The third kappa shape index (κ3) is 3.62. The van der Waals surface area contributed by atoms with Crippen LogP contribution in [0.2, 0.25) is 0 Å². The SMILES string of the molecule is O=C(c1cc2c(s1)CCCCCC2)N1CCNCC1c1cccnc1. The number of aromatic nitrogens is 1. The maximum absolute atomic E-state index is 13.3. The second-order valence-corrected chi connectivity index (χ2v) is 8.11. The third-order valence-electron chi connectivity index (χ3n) is 5.28. The zero-order chi connectivity index (χ0) is 17.1. The zero-order valence-corrected chi connectivity index (χ0v) is 15.4. The normalized spacial score (nSPS) is 21.3. The van der Waals surface area contributed by atoms with Crippen LogP contribution in [-0.2, 0) is 12.8 Å². The number of amides is 1. The minimum atomic E-state index is 0.0691. The summed E-state index contributed by atoms with van der Waals surface area (Å²) in [6, 6.07) is 6.26. The Kier molecular flexibility index (Phi) is 5.13. The quantitative estimate of drug-likeness (QED) is 0.895. The van der Waals surface area contributed by atoms with Gasteiger partial charge in [-0.2, -0.15) is 0 Å². The summed E-state index contributed by atoms with van der Waals surface area (Å²) < 4.78 is 0. The molecule has 4 nitrogen and oxygen atoms in total. The molecule has 0 radical (unpaired) electrons. The number of rotatable bonds is 2. The summed E-state index contributed by atoms with van der Waals surface area (Å²) in [5.41, 5.74) is 2.53. The van der Waals surface area contributed by atoms with E-state index in [1.807, 2.05) is 17.2 Å². The first-order chi connectivity index (χ1) is 12.3. The van der Waals surface area contributed by atoms with E-state index in [0.29, 0.717) is 0 Å². The number of fused-ring (bicyclic) bond motifs is 1. The summed E-state index contributed by atoms with van der Waals surface area (Å²) in [4.78, 5) is 21.9. The lowest BCUT2D eigenvalue weighted by Gasteiger charge is -2.36. The molecule has 3 heterocycles. The Morgan fingerprint density at radius 3 is 2.96 bits per heavy atom. The average Bonchev–Trinajstić information content (AvgIpc) is 3.04. The van der Waals surface area contributed by atoms with E-state index in [-0.39, 0.29) is 11.9 Å². The monoisotopic (exact) mass is 355 g/mol. The number of nitrogens with one attached hydrogen (secondary N) is 1. The van der Waals surface area contributed by atoms with Crippen LogP contribution in [0.5, 0.6) is 0 Å². The number of pyridine rings is 1. The molecule has 1 atom stereocenters. The third-order valence-corrected chi connectivity index (χ3v) is 6.51. The average molecular weight is 356 g/mol. The van der Waals surface area contributed by atoms with Crippen molar-refractivity contribution >= 4 is 17.2 Å². The first kappa shape index (κ1) is 16.7. The molecule has 132 valence electrons. The predicted octanol–water partition coefficient (Wildman–Crippen LogP) is 3.59. The van der Waals surface area contributed by atoms with Gasteiger partial charge in [0, 0.05) is 36.9 Å². The molecule has 0 aromatic carbocycles. The Morgan fingerprint density at radius 1 is 1.24 bits per heavy atom. The topological polar surface area (TPSA) is 45.2 Å². The Hall–Kier alpha value is -1.72. The maximum Gasteiger partial charge on any atom is 0.264 e. The van der Waals surface area contributed by atoms with Gasteiger partial charge < -0.3 is 10.2 Å². The fraction of sp³-hybridized carbons (Fsp3) is 0.500. The molecule has 2 aromatic rings. The number of piperazine rings is 1. The van der Waals surface area contributed by atoms with E-state index in [1.165, 1.54) is 36.1 Å². The zero-order valence-electron chi connectivity index (χ0n) is 14.5. The van der Waals surface area contributed by atoms with Gasteiger partial charge in [0.15, 0.2) is 0 Å². The number of hydrogen-bond donors (Lipinski definition) is 1. The van der Waals surface area contributed by atoms with Crippen LogP contribution >= 0.6 is 11.3 Å². The van der Waals surface area contributed by atoms with E-state index in [0.717, 1.165) is 42.9 Å². The second kappa shape index (κ2) is 7.67. The van der Waals surface area contributed by atoms with Crippen LogP contribution in [0.4, 0.5) is 0 Å². The molecule has 0 bridgehead atoms. The highest BCUT2D eigenvalue weighted by Crippen LogP contribution is 2.31. The van der Waals surface area contributed by atoms with Gasteiger partial charge in [0.1, 0.15) is 0 Å². The predicted molar refractivity (Wildman–Crippen MR) is 101 cm³/mol. The molecule has 1 N–H and O–H groups in total. The Labute approximate surface area is 153 Å². The van der Waals surface area contributed by atoms with Gasteiger partial charge in [0.25, 0.3) is 5.91 Å². The molecular formula is C20H25N3OS. The maximum atomic E-state index is 13.3. The van der Waals surface area contributed by atoms with Crippen molar-refractivity contribution in [3.63, 3.8) is 0 Å². The van der Waals surface area contributed by atoms with Crippen molar-refractivity contribution in [1.29, 1.82) is 0 Å². The molecule has 5 heteroatoms. The molecule has 1 fully saturated rings. The number of carbonyl (C=O) groups is 1.